The van der Waals surface area contributed by atoms with Crippen LogP contribution in [0.2, 0.25) is 5.15 Å². The van der Waals surface area contributed by atoms with Crippen molar-refractivity contribution in [3.05, 3.63) is 35.0 Å². The van der Waals surface area contributed by atoms with Crippen LogP contribution in [0.3, 0.4) is 0 Å². The predicted molar refractivity (Wildman–Crippen MR) is 88.4 cm³/mol. The average Bonchev–Trinajstić information content (AvgIpc) is 2.54. The van der Waals surface area contributed by atoms with Crippen LogP contribution in [-0.4, -0.2) is 11.1 Å². The summed E-state index contributed by atoms with van der Waals surface area (Å²) in [5.74, 6) is 0.550. The van der Waals surface area contributed by atoms with Crippen LogP contribution in [0.4, 0.5) is 13.2 Å². The summed E-state index contributed by atoms with van der Waals surface area (Å²) in [4.78, 5) is 3.97. The number of hydrogen-bond donors (Lipinski definition) is 0. The molecule has 0 spiro atoms. The largest absolute Gasteiger partial charge is 0.490 e. The van der Waals surface area contributed by atoms with E-state index < -0.39 is 11.7 Å². The molecule has 1 heterocycles. The summed E-state index contributed by atoms with van der Waals surface area (Å²) < 4.78 is 46.6. The molecule has 1 aromatic heterocycles. The topological polar surface area (TPSA) is 22.1 Å². The molecule has 2 nitrogen and oxygen atoms in total. The highest BCUT2D eigenvalue weighted by atomic mass is 35.5. The number of nitrogens with zero attached hydrogens (tertiary/aromatic N) is 1. The lowest BCUT2D eigenvalue weighted by Crippen LogP contribution is -2.25. The van der Waals surface area contributed by atoms with Crippen molar-refractivity contribution < 1.29 is 17.9 Å². The van der Waals surface area contributed by atoms with Gasteiger partial charge in [-0.2, -0.15) is 13.2 Å². The van der Waals surface area contributed by atoms with Crippen molar-refractivity contribution in [2.75, 3.05) is 0 Å². The van der Waals surface area contributed by atoms with Crippen LogP contribution in [0, 0.1) is 5.92 Å². The molecule has 0 aliphatic heterocycles. The number of aromatic nitrogens is 1. The Morgan fingerprint density at radius 3 is 2.46 bits per heavy atom. The molecule has 1 aliphatic carbocycles. The zero-order valence-corrected chi connectivity index (χ0v) is 14.1. The predicted octanol–water partition coefficient (Wildman–Crippen LogP) is 6.25. The maximum Gasteiger partial charge on any atom is 0.420 e. The number of fused-ring (bicyclic) bond motifs is 1. The van der Waals surface area contributed by atoms with Gasteiger partial charge in [-0.1, -0.05) is 24.9 Å². The lowest BCUT2D eigenvalue weighted by molar-refractivity contribution is -0.138. The summed E-state index contributed by atoms with van der Waals surface area (Å²) in [7, 11) is 0. The van der Waals surface area contributed by atoms with Gasteiger partial charge in [0.05, 0.1) is 11.6 Å². The quantitative estimate of drug-likeness (QED) is 0.605. The first-order valence-corrected chi connectivity index (χ1v) is 8.59. The van der Waals surface area contributed by atoms with Gasteiger partial charge in [0, 0.05) is 5.39 Å². The van der Waals surface area contributed by atoms with E-state index in [9.17, 15) is 13.2 Å². The SMILES string of the molecule is CC[C@H]1CC[C@@H](Oc2ccc3nc(Cl)ccc3c2C(F)(F)F)CC1. The maximum atomic E-state index is 13.6. The van der Waals surface area contributed by atoms with Crippen molar-refractivity contribution in [2.45, 2.75) is 51.3 Å². The van der Waals surface area contributed by atoms with Crippen LogP contribution in [0.25, 0.3) is 10.9 Å². The van der Waals surface area contributed by atoms with Gasteiger partial charge in [0.25, 0.3) is 0 Å². The lowest BCUT2D eigenvalue weighted by Gasteiger charge is -2.29. The minimum atomic E-state index is -4.51. The highest BCUT2D eigenvalue weighted by Gasteiger charge is 2.37. The zero-order chi connectivity index (χ0) is 17.3. The van der Waals surface area contributed by atoms with Crippen LogP contribution >= 0.6 is 11.6 Å². The van der Waals surface area contributed by atoms with Crippen molar-refractivity contribution in [3.63, 3.8) is 0 Å². The summed E-state index contributed by atoms with van der Waals surface area (Å²) in [6.45, 7) is 2.15. The van der Waals surface area contributed by atoms with E-state index >= 15 is 0 Å². The molecule has 0 amide bonds. The molecule has 130 valence electrons. The molecule has 0 atom stereocenters. The number of ether oxygens (including phenoxy) is 1. The van der Waals surface area contributed by atoms with E-state index in [1.54, 1.807) is 0 Å². The second kappa shape index (κ2) is 6.79. The van der Waals surface area contributed by atoms with E-state index in [4.69, 9.17) is 16.3 Å². The maximum absolute atomic E-state index is 13.6. The van der Waals surface area contributed by atoms with E-state index in [1.807, 2.05) is 0 Å². The van der Waals surface area contributed by atoms with Crippen LogP contribution in [-0.2, 0) is 6.18 Å². The Morgan fingerprint density at radius 1 is 1.12 bits per heavy atom. The van der Waals surface area contributed by atoms with Gasteiger partial charge in [-0.15, -0.1) is 0 Å². The van der Waals surface area contributed by atoms with Crippen molar-refractivity contribution in [1.82, 2.24) is 4.98 Å². The molecule has 1 aromatic carbocycles. The van der Waals surface area contributed by atoms with Crippen LogP contribution < -0.4 is 4.74 Å². The van der Waals surface area contributed by atoms with Gasteiger partial charge in [-0.05, 0) is 55.9 Å². The number of rotatable bonds is 3. The molecule has 0 bridgehead atoms. The van der Waals surface area contributed by atoms with E-state index in [0.717, 1.165) is 32.1 Å². The Labute approximate surface area is 144 Å². The Morgan fingerprint density at radius 2 is 1.83 bits per heavy atom. The first-order chi connectivity index (χ1) is 11.4. The Kier molecular flexibility index (Phi) is 4.90. The van der Waals surface area contributed by atoms with Gasteiger partial charge < -0.3 is 4.74 Å². The van der Waals surface area contributed by atoms with E-state index in [-0.39, 0.29) is 27.9 Å². The molecule has 1 saturated carbocycles. The monoisotopic (exact) mass is 357 g/mol. The normalized spacial score (nSPS) is 21.9. The third-order valence-corrected chi connectivity index (χ3v) is 4.96. The summed E-state index contributed by atoms with van der Waals surface area (Å²) in [6, 6.07) is 5.62. The first kappa shape index (κ1) is 17.3. The summed E-state index contributed by atoms with van der Waals surface area (Å²) in [5.41, 5.74) is -0.543. The molecule has 0 N–H and O–H groups in total. The third-order valence-electron chi connectivity index (χ3n) is 4.75. The third kappa shape index (κ3) is 3.61. The Bertz CT molecular complexity index is 724. The molecule has 0 saturated heterocycles. The van der Waals surface area contributed by atoms with E-state index in [1.165, 1.54) is 24.3 Å². The van der Waals surface area contributed by atoms with Crippen molar-refractivity contribution in [1.29, 1.82) is 0 Å². The number of benzene rings is 1. The minimum absolute atomic E-state index is 0.0200. The van der Waals surface area contributed by atoms with E-state index in [2.05, 4.69) is 11.9 Å². The fourth-order valence-electron chi connectivity index (χ4n) is 3.39. The van der Waals surface area contributed by atoms with E-state index in [0.29, 0.717) is 5.92 Å². The molecule has 1 aliphatic rings. The smallest absolute Gasteiger partial charge is 0.420 e. The van der Waals surface area contributed by atoms with Gasteiger partial charge in [0.1, 0.15) is 16.5 Å². The van der Waals surface area contributed by atoms with Crippen molar-refractivity contribution in [2.24, 2.45) is 5.92 Å². The van der Waals surface area contributed by atoms with Crippen molar-refractivity contribution >= 4 is 22.5 Å². The molecule has 3 rings (SSSR count). The minimum Gasteiger partial charge on any atom is -0.490 e. The fourth-order valence-corrected chi connectivity index (χ4v) is 3.54. The molecular formula is C18H19ClF3NO. The van der Waals surface area contributed by atoms with Gasteiger partial charge in [0.2, 0.25) is 0 Å². The highest BCUT2D eigenvalue weighted by Crippen LogP contribution is 2.42. The molecule has 0 unspecified atom stereocenters. The van der Waals surface area contributed by atoms with Crippen molar-refractivity contribution in [3.8, 4) is 5.75 Å². The first-order valence-electron chi connectivity index (χ1n) is 8.21. The fraction of sp³-hybridized carbons (Fsp3) is 0.500. The van der Waals surface area contributed by atoms with Crippen LogP contribution in [0.1, 0.15) is 44.6 Å². The number of alkyl halides is 3. The lowest BCUT2D eigenvalue weighted by atomic mass is 9.86. The second-order valence-electron chi connectivity index (χ2n) is 6.31. The molecule has 0 radical (unpaired) electrons. The second-order valence-corrected chi connectivity index (χ2v) is 6.69. The number of pyridine rings is 1. The molecular weight excluding hydrogens is 339 g/mol. The molecule has 1 fully saturated rings. The van der Waals surface area contributed by atoms with Gasteiger partial charge >= 0.3 is 6.18 Å². The Hall–Kier alpha value is -1.49. The molecule has 6 heteroatoms. The molecule has 24 heavy (non-hydrogen) atoms. The van der Waals surface area contributed by atoms with Gasteiger partial charge in [0.15, 0.2) is 0 Å². The van der Waals surface area contributed by atoms with Gasteiger partial charge in [-0.25, -0.2) is 4.98 Å². The summed E-state index contributed by atoms with van der Waals surface area (Å²) in [5, 5.41) is 0.189. The Balaban J connectivity index is 1.94. The van der Waals surface area contributed by atoms with Gasteiger partial charge in [-0.3, -0.25) is 0 Å². The summed E-state index contributed by atoms with van der Waals surface area (Å²) >= 11 is 5.78. The highest BCUT2D eigenvalue weighted by molar-refractivity contribution is 6.29. The number of hydrogen-bond acceptors (Lipinski definition) is 2. The molecule has 2 aromatic rings. The summed E-state index contributed by atoms with van der Waals surface area (Å²) in [6.07, 6.45) is 0.0556. The standard InChI is InChI=1S/C18H19ClF3NO/c1-2-11-3-5-12(6-4-11)24-15-9-8-14-13(7-10-16(19)23-14)17(15)18(20,21)22/h7-12H,2-6H2,1H3/t11-,12+. The number of halogens is 4. The average molecular weight is 358 g/mol. The zero-order valence-electron chi connectivity index (χ0n) is 13.4. The van der Waals surface area contributed by atoms with Crippen LogP contribution in [0.5, 0.6) is 5.75 Å². The van der Waals surface area contributed by atoms with Crippen LogP contribution in [0.15, 0.2) is 24.3 Å².